The second kappa shape index (κ2) is 8.65. The lowest BCUT2D eigenvalue weighted by Gasteiger charge is -2.42. The van der Waals surface area contributed by atoms with Crippen molar-refractivity contribution in [2.45, 2.75) is 25.1 Å². The fraction of sp³-hybridized carbons (Fsp3) is 0.545. The minimum atomic E-state index is -0.107. The SMILES string of the molecule is CN(C)C[C@@H]1OCCN(C(=O)CN2CCc3ccccc3C2)[C@H]1c1cnn(C)c1. The molecule has 0 bridgehead atoms. The predicted molar refractivity (Wildman–Crippen MR) is 111 cm³/mol. The minimum Gasteiger partial charge on any atom is -0.373 e. The highest BCUT2D eigenvalue weighted by molar-refractivity contribution is 5.79. The lowest BCUT2D eigenvalue weighted by Crippen LogP contribution is -2.53. The van der Waals surface area contributed by atoms with Gasteiger partial charge in [-0.15, -0.1) is 0 Å². The van der Waals surface area contributed by atoms with Gasteiger partial charge in [-0.25, -0.2) is 0 Å². The van der Waals surface area contributed by atoms with Gasteiger partial charge in [-0.2, -0.15) is 5.10 Å². The van der Waals surface area contributed by atoms with Crippen LogP contribution in [0.2, 0.25) is 0 Å². The molecule has 0 radical (unpaired) electrons. The Bertz CT molecular complexity index is 849. The summed E-state index contributed by atoms with van der Waals surface area (Å²) in [5.74, 6) is 0.172. The van der Waals surface area contributed by atoms with Gasteiger partial charge in [-0.05, 0) is 31.6 Å². The van der Waals surface area contributed by atoms with E-state index in [0.29, 0.717) is 19.7 Å². The monoisotopic (exact) mass is 397 g/mol. The first-order valence-corrected chi connectivity index (χ1v) is 10.3. The highest BCUT2D eigenvalue weighted by Gasteiger charge is 2.37. The summed E-state index contributed by atoms with van der Waals surface area (Å²) in [6.07, 6.45) is 4.80. The van der Waals surface area contributed by atoms with Crippen molar-refractivity contribution in [3.63, 3.8) is 0 Å². The van der Waals surface area contributed by atoms with Crippen LogP contribution in [-0.2, 0) is 29.5 Å². The molecule has 1 amide bonds. The van der Waals surface area contributed by atoms with Crippen LogP contribution in [0, 0.1) is 0 Å². The lowest BCUT2D eigenvalue weighted by molar-refractivity contribution is -0.149. The third-order valence-electron chi connectivity index (χ3n) is 5.85. The van der Waals surface area contributed by atoms with Crippen LogP contribution in [0.1, 0.15) is 22.7 Å². The first kappa shape index (κ1) is 20.1. The number of amides is 1. The lowest BCUT2D eigenvalue weighted by atomic mass is 9.99. The first-order chi connectivity index (χ1) is 14.0. The minimum absolute atomic E-state index is 0.0611. The number of nitrogens with zero attached hydrogens (tertiary/aromatic N) is 5. The molecule has 156 valence electrons. The average molecular weight is 398 g/mol. The van der Waals surface area contributed by atoms with Gasteiger partial charge >= 0.3 is 0 Å². The molecule has 7 nitrogen and oxygen atoms in total. The molecule has 29 heavy (non-hydrogen) atoms. The van der Waals surface area contributed by atoms with E-state index >= 15 is 0 Å². The summed E-state index contributed by atoms with van der Waals surface area (Å²) in [5, 5.41) is 4.34. The Morgan fingerprint density at radius 2 is 2.03 bits per heavy atom. The van der Waals surface area contributed by atoms with Crippen LogP contribution in [0.3, 0.4) is 0 Å². The zero-order valence-electron chi connectivity index (χ0n) is 17.6. The van der Waals surface area contributed by atoms with Gasteiger partial charge in [0, 0.05) is 45.0 Å². The van der Waals surface area contributed by atoms with E-state index in [-0.39, 0.29) is 18.1 Å². The van der Waals surface area contributed by atoms with E-state index in [2.05, 4.69) is 39.2 Å². The first-order valence-electron chi connectivity index (χ1n) is 10.3. The molecule has 2 atom stereocenters. The fourth-order valence-corrected chi connectivity index (χ4v) is 4.48. The van der Waals surface area contributed by atoms with Crippen molar-refractivity contribution in [3.8, 4) is 0 Å². The van der Waals surface area contributed by atoms with Gasteiger partial charge in [0.2, 0.25) is 5.91 Å². The molecule has 2 aliphatic heterocycles. The molecule has 0 spiro atoms. The van der Waals surface area contributed by atoms with Gasteiger partial charge in [0.15, 0.2) is 0 Å². The number of morpholine rings is 1. The van der Waals surface area contributed by atoms with E-state index in [0.717, 1.165) is 31.6 Å². The van der Waals surface area contributed by atoms with Crippen molar-refractivity contribution >= 4 is 5.91 Å². The number of likely N-dealkylation sites (N-methyl/N-ethyl adjacent to an activating group) is 1. The van der Waals surface area contributed by atoms with Gasteiger partial charge in [0.1, 0.15) is 0 Å². The summed E-state index contributed by atoms with van der Waals surface area (Å²) in [4.78, 5) is 19.8. The maximum Gasteiger partial charge on any atom is 0.237 e. The highest BCUT2D eigenvalue weighted by Crippen LogP contribution is 2.30. The van der Waals surface area contributed by atoms with Crippen molar-refractivity contribution in [2.75, 3.05) is 46.9 Å². The van der Waals surface area contributed by atoms with Crippen molar-refractivity contribution in [1.29, 1.82) is 0 Å². The van der Waals surface area contributed by atoms with Gasteiger partial charge < -0.3 is 14.5 Å². The van der Waals surface area contributed by atoms with Gasteiger partial charge in [0.25, 0.3) is 0 Å². The van der Waals surface area contributed by atoms with E-state index in [1.807, 2.05) is 38.4 Å². The third kappa shape index (κ3) is 4.52. The van der Waals surface area contributed by atoms with E-state index in [9.17, 15) is 4.79 Å². The molecule has 0 aliphatic carbocycles. The van der Waals surface area contributed by atoms with Crippen molar-refractivity contribution in [1.82, 2.24) is 24.5 Å². The van der Waals surface area contributed by atoms with Crippen molar-refractivity contribution in [3.05, 3.63) is 53.3 Å². The molecule has 2 aliphatic rings. The molecule has 1 saturated heterocycles. The molecular formula is C22H31N5O2. The Labute approximate surface area is 172 Å². The quantitative estimate of drug-likeness (QED) is 0.762. The number of rotatable bonds is 5. The molecule has 1 fully saturated rings. The topological polar surface area (TPSA) is 53.8 Å². The Hall–Kier alpha value is -2.22. The number of fused-ring (bicyclic) bond motifs is 1. The number of benzene rings is 1. The van der Waals surface area contributed by atoms with Crippen LogP contribution in [0.15, 0.2) is 36.7 Å². The Morgan fingerprint density at radius 1 is 1.24 bits per heavy atom. The number of hydrogen-bond donors (Lipinski definition) is 0. The number of carbonyl (C=O) groups excluding carboxylic acids is 1. The van der Waals surface area contributed by atoms with Crippen LogP contribution >= 0.6 is 0 Å². The Kier molecular flexibility index (Phi) is 5.99. The maximum absolute atomic E-state index is 13.4. The molecule has 2 aromatic rings. The summed E-state index contributed by atoms with van der Waals surface area (Å²) in [7, 11) is 5.98. The van der Waals surface area contributed by atoms with Crippen LogP contribution in [0.5, 0.6) is 0 Å². The van der Waals surface area contributed by atoms with Crippen LogP contribution in [0.25, 0.3) is 0 Å². The summed E-state index contributed by atoms with van der Waals surface area (Å²) >= 11 is 0. The van der Waals surface area contributed by atoms with Crippen molar-refractivity contribution < 1.29 is 9.53 Å². The normalized spacial score (nSPS) is 22.7. The molecule has 1 aromatic carbocycles. The smallest absolute Gasteiger partial charge is 0.237 e. The second-order valence-corrected chi connectivity index (χ2v) is 8.38. The average Bonchev–Trinajstić information content (AvgIpc) is 3.13. The number of carbonyl (C=O) groups is 1. The van der Waals surface area contributed by atoms with Gasteiger partial charge in [-0.1, -0.05) is 24.3 Å². The summed E-state index contributed by atoms with van der Waals surface area (Å²) in [5.41, 5.74) is 3.78. The highest BCUT2D eigenvalue weighted by atomic mass is 16.5. The summed E-state index contributed by atoms with van der Waals surface area (Å²) in [6, 6.07) is 8.43. The summed E-state index contributed by atoms with van der Waals surface area (Å²) < 4.78 is 7.89. The standard InChI is InChI=1S/C22H31N5O2/c1-24(2)15-20-22(19-12-23-25(3)13-19)27(10-11-29-20)21(28)16-26-9-8-17-6-4-5-7-18(17)14-26/h4-7,12-13,20,22H,8-11,14-16H2,1-3H3/t20-,22-/m0/s1. The molecule has 7 heteroatoms. The van der Waals surface area contributed by atoms with E-state index in [1.165, 1.54) is 11.1 Å². The largest absolute Gasteiger partial charge is 0.373 e. The van der Waals surface area contributed by atoms with Crippen molar-refractivity contribution in [2.24, 2.45) is 7.05 Å². The fourth-order valence-electron chi connectivity index (χ4n) is 4.48. The van der Waals surface area contributed by atoms with E-state index in [4.69, 9.17) is 4.74 Å². The maximum atomic E-state index is 13.4. The van der Waals surface area contributed by atoms with Gasteiger partial charge in [0.05, 0.1) is 31.5 Å². The summed E-state index contributed by atoms with van der Waals surface area (Å²) in [6.45, 7) is 4.16. The predicted octanol–water partition coefficient (Wildman–Crippen LogP) is 1.31. The molecule has 1 aromatic heterocycles. The molecule has 0 N–H and O–H groups in total. The number of hydrogen-bond acceptors (Lipinski definition) is 5. The van der Waals surface area contributed by atoms with Crippen LogP contribution < -0.4 is 0 Å². The van der Waals surface area contributed by atoms with E-state index < -0.39 is 0 Å². The molecule has 0 saturated carbocycles. The third-order valence-corrected chi connectivity index (χ3v) is 5.85. The molecule has 4 rings (SSSR count). The number of ether oxygens (including phenoxy) is 1. The van der Waals surface area contributed by atoms with Gasteiger partial charge in [-0.3, -0.25) is 14.4 Å². The zero-order valence-corrected chi connectivity index (χ0v) is 17.6. The van der Waals surface area contributed by atoms with Crippen LogP contribution in [0.4, 0.5) is 0 Å². The molecule has 0 unspecified atom stereocenters. The Morgan fingerprint density at radius 3 is 2.76 bits per heavy atom. The second-order valence-electron chi connectivity index (χ2n) is 8.38. The molecular weight excluding hydrogens is 366 g/mol. The van der Waals surface area contributed by atoms with Crippen LogP contribution in [-0.4, -0.2) is 83.4 Å². The number of aromatic nitrogens is 2. The Balaban J connectivity index is 1.51. The molecule has 3 heterocycles. The zero-order chi connectivity index (χ0) is 20.4. The number of aryl methyl sites for hydroxylation is 1. The van der Waals surface area contributed by atoms with E-state index in [1.54, 1.807) is 4.68 Å².